The van der Waals surface area contributed by atoms with Crippen molar-refractivity contribution < 1.29 is 19.4 Å². The van der Waals surface area contributed by atoms with E-state index in [9.17, 15) is 9.59 Å². The number of nitrogens with zero attached hydrogens (tertiary/aromatic N) is 4. The molecule has 1 saturated heterocycles. The Morgan fingerprint density at radius 1 is 1.18 bits per heavy atom. The summed E-state index contributed by atoms with van der Waals surface area (Å²) in [6, 6.07) is 10.9. The second-order valence-electron chi connectivity index (χ2n) is 9.26. The molecule has 1 aliphatic heterocycles. The van der Waals surface area contributed by atoms with Crippen molar-refractivity contribution in [3.8, 4) is 0 Å². The number of carboxylic acids is 1. The first-order valence-electron chi connectivity index (χ1n) is 11.2. The number of fused-ring (bicyclic) bond motifs is 1. The van der Waals surface area contributed by atoms with Gasteiger partial charge in [0.1, 0.15) is 11.1 Å². The number of carbonyl (C=O) groups is 2. The molecule has 2 N–H and O–H groups in total. The van der Waals surface area contributed by atoms with Gasteiger partial charge in [-0.3, -0.25) is 0 Å². The lowest BCUT2D eigenvalue weighted by Crippen LogP contribution is -2.44. The summed E-state index contributed by atoms with van der Waals surface area (Å²) >= 11 is 1.49. The van der Waals surface area contributed by atoms with Crippen LogP contribution in [0.25, 0.3) is 5.52 Å². The molecule has 180 valence electrons. The van der Waals surface area contributed by atoms with Crippen LogP contribution in [0.15, 0.2) is 47.8 Å². The summed E-state index contributed by atoms with van der Waals surface area (Å²) in [5.74, 6) is 0.452. The number of carbonyl (C=O) groups excluding carboxylic acids is 1. The third-order valence-electron chi connectivity index (χ3n) is 5.43. The van der Waals surface area contributed by atoms with Gasteiger partial charge in [-0.1, -0.05) is 23.9 Å². The molecule has 3 aromatic rings. The van der Waals surface area contributed by atoms with Crippen LogP contribution in [0.3, 0.4) is 0 Å². The van der Waals surface area contributed by atoms with Gasteiger partial charge in [0.15, 0.2) is 5.82 Å². The van der Waals surface area contributed by atoms with Crippen molar-refractivity contribution in [3.05, 3.63) is 53.7 Å². The van der Waals surface area contributed by atoms with E-state index in [1.807, 2.05) is 51.2 Å². The van der Waals surface area contributed by atoms with E-state index in [0.717, 1.165) is 29.7 Å². The number of likely N-dealkylation sites (tertiary alicyclic amines) is 1. The minimum atomic E-state index is -0.937. The monoisotopic (exact) mass is 483 g/mol. The minimum Gasteiger partial charge on any atom is -0.478 e. The molecule has 4 rings (SSSR count). The van der Waals surface area contributed by atoms with Crippen LogP contribution in [-0.2, 0) is 10.5 Å². The SMILES string of the molecule is CC(C)(C)OC(=O)N1CCC(Nc2nc(SCc3ccc(C(=O)O)cc3)nn3cccc23)CC1. The Kier molecular flexibility index (Phi) is 6.97. The largest absolute Gasteiger partial charge is 0.478 e. The zero-order valence-electron chi connectivity index (χ0n) is 19.5. The summed E-state index contributed by atoms with van der Waals surface area (Å²) in [6.45, 7) is 6.87. The molecule has 1 fully saturated rings. The van der Waals surface area contributed by atoms with Gasteiger partial charge >= 0.3 is 12.1 Å². The number of aromatic carboxylic acids is 1. The molecule has 1 amide bonds. The van der Waals surface area contributed by atoms with Crippen LogP contribution in [0, 0.1) is 0 Å². The number of benzene rings is 1. The summed E-state index contributed by atoms with van der Waals surface area (Å²) in [5, 5.41) is 17.8. The third-order valence-corrected chi connectivity index (χ3v) is 6.34. The molecule has 0 saturated carbocycles. The molecule has 1 aliphatic rings. The number of hydrogen-bond donors (Lipinski definition) is 2. The number of ether oxygens (including phenoxy) is 1. The van der Waals surface area contributed by atoms with Crippen molar-refractivity contribution in [2.45, 2.75) is 56.2 Å². The lowest BCUT2D eigenvalue weighted by molar-refractivity contribution is 0.0210. The van der Waals surface area contributed by atoms with Gasteiger partial charge < -0.3 is 20.1 Å². The van der Waals surface area contributed by atoms with Gasteiger partial charge in [-0.05, 0) is 63.4 Å². The van der Waals surface area contributed by atoms with Crippen molar-refractivity contribution in [1.29, 1.82) is 0 Å². The normalized spacial score (nSPS) is 14.9. The second kappa shape index (κ2) is 9.92. The van der Waals surface area contributed by atoms with E-state index in [2.05, 4.69) is 10.4 Å². The van der Waals surface area contributed by atoms with Gasteiger partial charge in [-0.25, -0.2) is 19.1 Å². The quantitative estimate of drug-likeness (QED) is 0.492. The molecule has 0 bridgehead atoms. The predicted molar refractivity (Wildman–Crippen MR) is 130 cm³/mol. The Hall–Kier alpha value is -3.27. The number of aromatic nitrogens is 3. The van der Waals surface area contributed by atoms with Crippen LogP contribution in [0.5, 0.6) is 0 Å². The van der Waals surface area contributed by atoms with Gasteiger partial charge in [0.05, 0.1) is 5.56 Å². The van der Waals surface area contributed by atoms with Gasteiger partial charge in [-0.15, -0.1) is 5.10 Å². The Bertz CT molecular complexity index is 1160. The smallest absolute Gasteiger partial charge is 0.410 e. The molecular formula is C24H29N5O4S. The molecule has 0 atom stereocenters. The van der Waals surface area contributed by atoms with E-state index >= 15 is 0 Å². The summed E-state index contributed by atoms with van der Waals surface area (Å²) in [7, 11) is 0. The van der Waals surface area contributed by atoms with Crippen LogP contribution in [0.1, 0.15) is 49.5 Å². The van der Waals surface area contributed by atoms with E-state index in [4.69, 9.17) is 14.8 Å². The predicted octanol–water partition coefficient (Wildman–Crippen LogP) is 4.53. The third kappa shape index (κ3) is 5.99. The number of rotatable bonds is 6. The Balaban J connectivity index is 1.40. The Labute approximate surface area is 202 Å². The molecule has 0 aliphatic carbocycles. The minimum absolute atomic E-state index is 0.189. The van der Waals surface area contributed by atoms with Crippen LogP contribution in [0.4, 0.5) is 10.6 Å². The molecule has 1 aromatic carbocycles. The average Bonchev–Trinajstić information content (AvgIpc) is 3.26. The summed E-state index contributed by atoms with van der Waals surface area (Å²) in [4.78, 5) is 29.9. The first kappa shape index (κ1) is 23.9. The average molecular weight is 484 g/mol. The molecule has 2 aromatic heterocycles. The highest BCUT2D eigenvalue weighted by molar-refractivity contribution is 7.98. The Morgan fingerprint density at radius 3 is 2.53 bits per heavy atom. The molecule has 0 radical (unpaired) electrons. The summed E-state index contributed by atoms with van der Waals surface area (Å²) in [6.07, 6.45) is 3.22. The number of nitrogens with one attached hydrogen (secondary N) is 1. The highest BCUT2D eigenvalue weighted by atomic mass is 32.2. The lowest BCUT2D eigenvalue weighted by Gasteiger charge is -2.34. The number of anilines is 1. The van der Waals surface area contributed by atoms with Crippen LogP contribution in [-0.4, -0.2) is 61.4 Å². The molecule has 0 unspecified atom stereocenters. The first-order valence-corrected chi connectivity index (χ1v) is 12.2. The van der Waals surface area contributed by atoms with Crippen molar-refractivity contribution in [3.63, 3.8) is 0 Å². The maximum absolute atomic E-state index is 12.3. The molecule has 9 nitrogen and oxygen atoms in total. The second-order valence-corrected chi connectivity index (χ2v) is 10.2. The van der Waals surface area contributed by atoms with E-state index < -0.39 is 11.6 Å². The maximum atomic E-state index is 12.3. The molecular weight excluding hydrogens is 454 g/mol. The number of hydrogen-bond acceptors (Lipinski definition) is 7. The first-order chi connectivity index (χ1) is 16.2. The zero-order chi connectivity index (χ0) is 24.3. The number of carboxylic acid groups (broad SMARTS) is 1. The van der Waals surface area contributed by atoms with Gasteiger partial charge in [-0.2, -0.15) is 0 Å². The topological polar surface area (TPSA) is 109 Å². The van der Waals surface area contributed by atoms with Crippen molar-refractivity contribution >= 4 is 35.2 Å². The maximum Gasteiger partial charge on any atom is 0.410 e. The molecule has 34 heavy (non-hydrogen) atoms. The van der Waals surface area contributed by atoms with Gasteiger partial charge in [0, 0.05) is 31.1 Å². The Morgan fingerprint density at radius 2 is 1.88 bits per heavy atom. The fraction of sp³-hybridized carbons (Fsp3) is 0.417. The van der Waals surface area contributed by atoms with Crippen LogP contribution < -0.4 is 5.32 Å². The van der Waals surface area contributed by atoms with E-state index in [1.54, 1.807) is 21.5 Å². The molecule has 3 heterocycles. The highest BCUT2D eigenvalue weighted by Gasteiger charge is 2.27. The van der Waals surface area contributed by atoms with Crippen LogP contribution >= 0.6 is 11.8 Å². The van der Waals surface area contributed by atoms with Gasteiger partial charge in [0.25, 0.3) is 0 Å². The summed E-state index contributed by atoms with van der Waals surface area (Å²) in [5.41, 5.74) is 1.66. The number of thioether (sulfide) groups is 1. The van der Waals surface area contributed by atoms with E-state index in [1.165, 1.54) is 11.8 Å². The summed E-state index contributed by atoms with van der Waals surface area (Å²) < 4.78 is 7.29. The van der Waals surface area contributed by atoms with Gasteiger partial charge in [0.2, 0.25) is 5.16 Å². The van der Waals surface area contributed by atoms with Crippen molar-refractivity contribution in [1.82, 2.24) is 19.5 Å². The molecule has 10 heteroatoms. The van der Waals surface area contributed by atoms with Crippen molar-refractivity contribution in [2.75, 3.05) is 18.4 Å². The highest BCUT2D eigenvalue weighted by Crippen LogP contribution is 2.25. The van der Waals surface area contributed by atoms with E-state index in [-0.39, 0.29) is 17.7 Å². The number of amides is 1. The lowest BCUT2D eigenvalue weighted by atomic mass is 10.1. The van der Waals surface area contributed by atoms with Crippen molar-refractivity contribution in [2.24, 2.45) is 0 Å². The standard InChI is InChI=1S/C24H29N5O4S/c1-24(2,3)33-23(32)28-13-10-18(11-14-28)25-20-19-5-4-12-29(19)27-22(26-20)34-15-16-6-8-17(9-7-16)21(30)31/h4-9,12,18H,10-11,13-15H2,1-3H3,(H,30,31)(H,25,26,27). The molecule has 0 spiro atoms. The van der Waals surface area contributed by atoms with E-state index in [0.29, 0.717) is 24.0 Å². The zero-order valence-corrected chi connectivity index (χ0v) is 20.3. The number of piperidine rings is 1. The fourth-order valence-corrected chi connectivity index (χ4v) is 4.49. The fourth-order valence-electron chi connectivity index (χ4n) is 3.70. The van der Waals surface area contributed by atoms with Crippen LogP contribution in [0.2, 0.25) is 0 Å².